The van der Waals surface area contributed by atoms with Crippen molar-refractivity contribution >= 4 is 17.7 Å². The lowest BCUT2D eigenvalue weighted by Crippen LogP contribution is -2.40. The number of aromatic nitrogens is 2. The summed E-state index contributed by atoms with van der Waals surface area (Å²) in [6.07, 6.45) is 0.711. The first-order valence-electron chi connectivity index (χ1n) is 7.46. The zero-order chi connectivity index (χ0) is 16.3. The summed E-state index contributed by atoms with van der Waals surface area (Å²) in [5.41, 5.74) is 4.76. The fourth-order valence-electron chi connectivity index (χ4n) is 2.80. The zero-order valence-corrected chi connectivity index (χ0v) is 13.2. The first-order chi connectivity index (χ1) is 10.4. The second-order valence-corrected chi connectivity index (χ2v) is 5.84. The third-order valence-electron chi connectivity index (χ3n) is 4.31. The predicted molar refractivity (Wildman–Crippen MR) is 81.3 cm³/mol. The van der Waals surface area contributed by atoms with Crippen molar-refractivity contribution in [2.75, 3.05) is 24.6 Å². The molecule has 7 nitrogen and oxygen atoms in total. The number of hydrogen-bond acceptors (Lipinski definition) is 6. The topological polar surface area (TPSA) is 98.4 Å². The molecule has 2 rings (SSSR count). The van der Waals surface area contributed by atoms with Crippen molar-refractivity contribution in [3.8, 4) is 0 Å². The van der Waals surface area contributed by atoms with Gasteiger partial charge in [-0.1, -0.05) is 13.8 Å². The average molecular weight is 306 g/mol. The van der Waals surface area contributed by atoms with Crippen LogP contribution in [0.3, 0.4) is 0 Å². The maximum Gasteiger partial charge on any atom is 0.314 e. The molecule has 2 heterocycles. The van der Waals surface area contributed by atoms with E-state index in [1.165, 1.54) is 0 Å². The third kappa shape index (κ3) is 2.88. The molecule has 0 radical (unpaired) electrons. The molecule has 120 valence electrons. The quantitative estimate of drug-likeness (QED) is 0.815. The van der Waals surface area contributed by atoms with E-state index in [1.807, 2.05) is 25.7 Å². The van der Waals surface area contributed by atoms with Crippen LogP contribution < -0.4 is 10.6 Å². The molecule has 22 heavy (non-hydrogen) atoms. The van der Waals surface area contributed by atoms with Gasteiger partial charge in [0.05, 0.1) is 12.0 Å². The molecule has 1 aliphatic heterocycles. The van der Waals surface area contributed by atoms with Gasteiger partial charge in [-0.15, -0.1) is 10.2 Å². The molecule has 0 bridgehead atoms. The van der Waals surface area contributed by atoms with Crippen LogP contribution in [0.15, 0.2) is 12.1 Å². The largest absolute Gasteiger partial charge is 0.466 e. The molecule has 2 N–H and O–H groups in total. The summed E-state index contributed by atoms with van der Waals surface area (Å²) >= 11 is 0. The Morgan fingerprint density at radius 3 is 2.64 bits per heavy atom. The van der Waals surface area contributed by atoms with Gasteiger partial charge in [-0.3, -0.25) is 9.59 Å². The third-order valence-corrected chi connectivity index (χ3v) is 4.31. The van der Waals surface area contributed by atoms with E-state index < -0.39 is 11.3 Å². The summed E-state index contributed by atoms with van der Waals surface area (Å²) < 4.78 is 5.26. The molecule has 1 amide bonds. The van der Waals surface area contributed by atoms with E-state index in [2.05, 4.69) is 10.2 Å². The molecule has 1 aromatic rings. The number of anilines is 1. The van der Waals surface area contributed by atoms with Crippen molar-refractivity contribution in [2.45, 2.75) is 27.2 Å². The van der Waals surface area contributed by atoms with E-state index in [9.17, 15) is 9.59 Å². The second kappa shape index (κ2) is 6.29. The van der Waals surface area contributed by atoms with Crippen LogP contribution in [0.4, 0.5) is 5.82 Å². The highest BCUT2D eigenvalue weighted by Crippen LogP contribution is 2.40. The number of primary amides is 1. The van der Waals surface area contributed by atoms with Crippen molar-refractivity contribution in [3.05, 3.63) is 17.8 Å². The van der Waals surface area contributed by atoms with Crippen molar-refractivity contribution < 1.29 is 14.3 Å². The van der Waals surface area contributed by atoms with Crippen LogP contribution in [0, 0.1) is 11.3 Å². The highest BCUT2D eigenvalue weighted by atomic mass is 16.5. The van der Waals surface area contributed by atoms with Crippen LogP contribution in [0.25, 0.3) is 0 Å². The molecule has 1 aliphatic rings. The molecule has 7 heteroatoms. The van der Waals surface area contributed by atoms with Gasteiger partial charge in [0.25, 0.3) is 5.91 Å². The van der Waals surface area contributed by atoms with Crippen LogP contribution >= 0.6 is 0 Å². The molecule has 0 saturated carbocycles. The van der Waals surface area contributed by atoms with Crippen molar-refractivity contribution in [3.63, 3.8) is 0 Å². The van der Waals surface area contributed by atoms with E-state index in [0.717, 1.165) is 0 Å². The Morgan fingerprint density at radius 1 is 1.41 bits per heavy atom. The van der Waals surface area contributed by atoms with Crippen molar-refractivity contribution in [1.82, 2.24) is 10.2 Å². The number of carbonyl (C=O) groups excluding carboxylic acids is 2. The molecular formula is C15H22N4O3. The summed E-state index contributed by atoms with van der Waals surface area (Å²) in [6, 6.07) is 3.25. The molecule has 0 aliphatic carbocycles. The Labute approximate surface area is 129 Å². The Hall–Kier alpha value is -2.18. The lowest BCUT2D eigenvalue weighted by molar-refractivity contribution is -0.156. The van der Waals surface area contributed by atoms with Crippen molar-refractivity contribution in [2.24, 2.45) is 17.1 Å². The monoisotopic (exact) mass is 306 g/mol. The summed E-state index contributed by atoms with van der Waals surface area (Å²) in [4.78, 5) is 25.4. The lowest BCUT2D eigenvalue weighted by Gasteiger charge is -2.30. The van der Waals surface area contributed by atoms with E-state index in [0.29, 0.717) is 31.9 Å². The van der Waals surface area contributed by atoms with Crippen LogP contribution in [-0.4, -0.2) is 41.8 Å². The SMILES string of the molecule is CCOC(=O)C1(C(C)C)CCN(c2ccc(C(N)=O)nn2)C1. The molecule has 1 unspecified atom stereocenters. The van der Waals surface area contributed by atoms with Gasteiger partial charge < -0.3 is 15.4 Å². The minimum Gasteiger partial charge on any atom is -0.466 e. The van der Waals surface area contributed by atoms with Crippen LogP contribution in [0.5, 0.6) is 0 Å². The highest BCUT2D eigenvalue weighted by Gasteiger charge is 2.48. The maximum absolute atomic E-state index is 12.4. The average Bonchev–Trinajstić information content (AvgIpc) is 2.94. The van der Waals surface area contributed by atoms with E-state index in [1.54, 1.807) is 12.1 Å². The number of amides is 1. The lowest BCUT2D eigenvalue weighted by atomic mass is 9.76. The molecule has 0 aromatic carbocycles. The maximum atomic E-state index is 12.4. The minimum atomic E-state index is -0.608. The van der Waals surface area contributed by atoms with E-state index in [4.69, 9.17) is 10.5 Å². The fourth-order valence-corrected chi connectivity index (χ4v) is 2.80. The van der Waals surface area contributed by atoms with Gasteiger partial charge in [-0.25, -0.2) is 0 Å². The number of nitrogens with zero attached hydrogens (tertiary/aromatic N) is 3. The van der Waals surface area contributed by atoms with Crippen LogP contribution in [0.1, 0.15) is 37.7 Å². The van der Waals surface area contributed by atoms with Gasteiger partial charge in [-0.2, -0.15) is 0 Å². The second-order valence-electron chi connectivity index (χ2n) is 5.84. The summed E-state index contributed by atoms with van der Waals surface area (Å²) in [7, 11) is 0. The molecule has 0 spiro atoms. The Balaban J connectivity index is 2.19. The molecular weight excluding hydrogens is 284 g/mol. The Bertz CT molecular complexity index is 558. The molecule has 1 fully saturated rings. The van der Waals surface area contributed by atoms with Gasteiger partial charge in [0.2, 0.25) is 0 Å². The first-order valence-corrected chi connectivity index (χ1v) is 7.46. The Kier molecular flexibility index (Phi) is 4.63. The zero-order valence-electron chi connectivity index (χ0n) is 13.2. The van der Waals surface area contributed by atoms with E-state index in [-0.39, 0.29) is 17.6 Å². The van der Waals surface area contributed by atoms with E-state index >= 15 is 0 Å². The van der Waals surface area contributed by atoms with Crippen LogP contribution in [-0.2, 0) is 9.53 Å². The number of nitrogens with two attached hydrogens (primary N) is 1. The number of hydrogen-bond donors (Lipinski definition) is 1. The molecule has 1 aromatic heterocycles. The molecule has 1 saturated heterocycles. The standard InChI is InChI=1S/C15H22N4O3/c1-4-22-14(21)15(10(2)3)7-8-19(9-15)12-6-5-11(13(16)20)17-18-12/h5-6,10H,4,7-9H2,1-3H3,(H2,16,20). The highest BCUT2D eigenvalue weighted by molar-refractivity contribution is 5.90. The van der Waals surface area contributed by atoms with Crippen molar-refractivity contribution in [1.29, 1.82) is 0 Å². The van der Waals surface area contributed by atoms with Gasteiger partial charge in [0.15, 0.2) is 11.5 Å². The number of esters is 1. The number of carbonyl (C=O) groups is 2. The summed E-state index contributed by atoms with van der Waals surface area (Å²) in [5, 5.41) is 7.85. The normalized spacial score (nSPS) is 21.2. The van der Waals surface area contributed by atoms with Gasteiger partial charge >= 0.3 is 5.97 Å². The summed E-state index contributed by atoms with van der Waals surface area (Å²) in [5.74, 6) is 0.0314. The van der Waals surface area contributed by atoms with Gasteiger partial charge in [0, 0.05) is 13.1 Å². The smallest absolute Gasteiger partial charge is 0.314 e. The Morgan fingerprint density at radius 2 is 2.14 bits per heavy atom. The molecule has 1 atom stereocenters. The van der Waals surface area contributed by atoms with Crippen LogP contribution in [0.2, 0.25) is 0 Å². The summed E-state index contributed by atoms with van der Waals surface area (Å²) in [6.45, 7) is 7.48. The minimum absolute atomic E-state index is 0.128. The number of ether oxygens (including phenoxy) is 1. The van der Waals surface area contributed by atoms with Gasteiger partial charge in [0.1, 0.15) is 0 Å². The predicted octanol–water partition coefficient (Wildman–Crippen LogP) is 0.991. The number of rotatable bonds is 5. The first kappa shape index (κ1) is 16.2. The van der Waals surface area contributed by atoms with Gasteiger partial charge in [-0.05, 0) is 31.4 Å². The fraction of sp³-hybridized carbons (Fsp3) is 0.600.